The molecule has 0 saturated carbocycles. The van der Waals surface area contributed by atoms with Crippen LogP contribution in [0.1, 0.15) is 0 Å². The SMILES string of the molecule is NC(N)=NCC(=O)Nc1ccc(S(=O)(=O)Nc2cncs2)cc1F. The molecule has 0 fully saturated rings. The summed E-state index contributed by atoms with van der Waals surface area (Å²) in [7, 11) is -3.96. The zero-order valence-corrected chi connectivity index (χ0v) is 13.7. The first-order valence-corrected chi connectivity index (χ1v) is 8.70. The van der Waals surface area contributed by atoms with E-state index in [0.717, 1.165) is 29.5 Å². The van der Waals surface area contributed by atoms with Gasteiger partial charge in [-0.1, -0.05) is 0 Å². The number of carbonyl (C=O) groups excluding carboxylic acids is 1. The van der Waals surface area contributed by atoms with Crippen molar-refractivity contribution in [1.29, 1.82) is 0 Å². The largest absolute Gasteiger partial charge is 0.370 e. The Kier molecular flexibility index (Phi) is 5.31. The first-order valence-electron chi connectivity index (χ1n) is 6.34. The molecule has 12 heteroatoms. The molecule has 0 aliphatic rings. The molecule has 2 aromatic rings. The zero-order chi connectivity index (χ0) is 17.7. The summed E-state index contributed by atoms with van der Waals surface area (Å²) in [4.78, 5) is 18.4. The van der Waals surface area contributed by atoms with E-state index in [2.05, 4.69) is 20.0 Å². The van der Waals surface area contributed by atoms with Crippen LogP contribution >= 0.6 is 11.3 Å². The van der Waals surface area contributed by atoms with Gasteiger partial charge in [-0.25, -0.2) is 17.8 Å². The predicted octanol–water partition coefficient (Wildman–Crippen LogP) is 0.295. The summed E-state index contributed by atoms with van der Waals surface area (Å²) in [6.07, 6.45) is 1.33. The second-order valence-electron chi connectivity index (χ2n) is 4.40. The van der Waals surface area contributed by atoms with Crippen LogP contribution in [0.3, 0.4) is 0 Å². The van der Waals surface area contributed by atoms with Crippen molar-refractivity contribution in [1.82, 2.24) is 4.98 Å². The highest BCUT2D eigenvalue weighted by molar-refractivity contribution is 7.93. The van der Waals surface area contributed by atoms with Gasteiger partial charge in [0.15, 0.2) is 5.96 Å². The lowest BCUT2D eigenvalue weighted by Gasteiger charge is -2.09. The van der Waals surface area contributed by atoms with Gasteiger partial charge in [-0.3, -0.25) is 14.5 Å². The number of nitrogens with zero attached hydrogens (tertiary/aromatic N) is 2. The number of benzene rings is 1. The highest BCUT2D eigenvalue weighted by Gasteiger charge is 2.18. The summed E-state index contributed by atoms with van der Waals surface area (Å²) < 4.78 is 40.5. The third-order valence-corrected chi connectivity index (χ3v) is 4.78. The van der Waals surface area contributed by atoms with Gasteiger partial charge in [0.25, 0.3) is 10.0 Å². The average molecular weight is 372 g/mol. The fourth-order valence-electron chi connectivity index (χ4n) is 1.57. The molecule has 0 bridgehead atoms. The number of aromatic nitrogens is 1. The minimum Gasteiger partial charge on any atom is -0.370 e. The molecule has 6 N–H and O–H groups in total. The number of nitrogens with one attached hydrogen (secondary N) is 2. The van der Waals surface area contributed by atoms with Crippen LogP contribution in [0.15, 0.2) is 39.8 Å². The Morgan fingerprint density at radius 3 is 2.71 bits per heavy atom. The topological polar surface area (TPSA) is 153 Å². The van der Waals surface area contributed by atoms with Gasteiger partial charge in [0.2, 0.25) is 5.91 Å². The molecule has 2 rings (SSSR count). The maximum atomic E-state index is 14.0. The highest BCUT2D eigenvalue weighted by Crippen LogP contribution is 2.22. The zero-order valence-electron chi connectivity index (χ0n) is 12.1. The van der Waals surface area contributed by atoms with Crippen molar-refractivity contribution in [3.63, 3.8) is 0 Å². The van der Waals surface area contributed by atoms with Crippen molar-refractivity contribution in [3.05, 3.63) is 35.7 Å². The summed E-state index contributed by atoms with van der Waals surface area (Å²) in [5.41, 5.74) is 11.4. The summed E-state index contributed by atoms with van der Waals surface area (Å²) in [6.45, 7) is -0.380. The Hall–Kier alpha value is -2.73. The number of anilines is 2. The van der Waals surface area contributed by atoms with Crippen LogP contribution in [-0.2, 0) is 14.8 Å². The molecule has 9 nitrogen and oxygen atoms in total. The predicted molar refractivity (Wildman–Crippen MR) is 88.6 cm³/mol. The number of nitrogens with two attached hydrogens (primary N) is 2. The van der Waals surface area contributed by atoms with Crippen molar-refractivity contribution >= 4 is 43.9 Å². The lowest BCUT2D eigenvalue weighted by molar-refractivity contribution is -0.114. The minimum atomic E-state index is -3.96. The molecule has 1 aromatic heterocycles. The first-order chi connectivity index (χ1) is 11.3. The van der Waals surface area contributed by atoms with E-state index in [9.17, 15) is 17.6 Å². The fraction of sp³-hybridized carbons (Fsp3) is 0.0833. The second-order valence-corrected chi connectivity index (χ2v) is 6.97. The number of carbonyl (C=O) groups is 1. The lowest BCUT2D eigenvalue weighted by atomic mass is 10.3. The molecule has 24 heavy (non-hydrogen) atoms. The van der Waals surface area contributed by atoms with E-state index in [1.807, 2.05) is 0 Å². The van der Waals surface area contributed by atoms with Gasteiger partial charge in [0.1, 0.15) is 17.4 Å². The van der Waals surface area contributed by atoms with Gasteiger partial charge in [-0.2, -0.15) is 0 Å². The van der Waals surface area contributed by atoms with Crippen LogP contribution in [0.4, 0.5) is 15.1 Å². The first kappa shape index (κ1) is 17.6. The molecular weight excluding hydrogens is 359 g/mol. The van der Waals surface area contributed by atoms with E-state index in [1.165, 1.54) is 11.7 Å². The summed E-state index contributed by atoms with van der Waals surface area (Å²) >= 11 is 1.08. The molecule has 128 valence electrons. The fourth-order valence-corrected chi connectivity index (χ4v) is 3.39. The average Bonchev–Trinajstić information content (AvgIpc) is 2.99. The second kappa shape index (κ2) is 7.23. The van der Waals surface area contributed by atoms with E-state index in [-0.39, 0.29) is 23.1 Å². The molecule has 0 atom stereocenters. The molecule has 1 heterocycles. The highest BCUT2D eigenvalue weighted by atomic mass is 32.2. The van der Waals surface area contributed by atoms with Crippen LogP contribution in [0, 0.1) is 5.82 Å². The van der Waals surface area contributed by atoms with Crippen molar-refractivity contribution < 1.29 is 17.6 Å². The summed E-state index contributed by atoms with van der Waals surface area (Å²) in [5, 5.41) is 2.53. The Balaban J connectivity index is 2.14. The van der Waals surface area contributed by atoms with Crippen molar-refractivity contribution in [3.8, 4) is 0 Å². The molecular formula is C12H13FN6O3S2. The van der Waals surface area contributed by atoms with E-state index < -0.39 is 21.7 Å². The van der Waals surface area contributed by atoms with E-state index in [4.69, 9.17) is 11.5 Å². The number of thiazole rings is 1. The summed E-state index contributed by atoms with van der Waals surface area (Å²) in [5.74, 6) is -1.85. The monoisotopic (exact) mass is 372 g/mol. The number of sulfonamides is 1. The van der Waals surface area contributed by atoms with Gasteiger partial charge in [0, 0.05) is 0 Å². The third-order valence-electron chi connectivity index (χ3n) is 2.60. The van der Waals surface area contributed by atoms with Crippen LogP contribution in [0.25, 0.3) is 0 Å². The smallest absolute Gasteiger partial charge is 0.262 e. The molecule has 1 amide bonds. The van der Waals surface area contributed by atoms with Crippen molar-refractivity contribution in [2.24, 2.45) is 16.5 Å². The normalized spacial score (nSPS) is 10.9. The maximum Gasteiger partial charge on any atom is 0.262 e. The van der Waals surface area contributed by atoms with Gasteiger partial charge >= 0.3 is 0 Å². The quantitative estimate of drug-likeness (QED) is 0.422. The minimum absolute atomic E-state index is 0.192. The standard InChI is InChI=1S/C12H13FN6O3S2/c13-8-3-7(24(21,22)19-11-5-16-6-23-11)1-2-9(8)18-10(20)4-17-12(14)15/h1-3,5-6,19H,4H2,(H,18,20)(H4,14,15,17). The molecule has 0 aliphatic heterocycles. The van der Waals surface area contributed by atoms with Crippen LogP contribution in [0.2, 0.25) is 0 Å². The molecule has 0 unspecified atom stereocenters. The Morgan fingerprint density at radius 1 is 1.38 bits per heavy atom. The number of halogens is 1. The van der Waals surface area contributed by atoms with Gasteiger partial charge in [0.05, 0.1) is 22.3 Å². The van der Waals surface area contributed by atoms with Crippen molar-refractivity contribution in [2.75, 3.05) is 16.6 Å². The van der Waals surface area contributed by atoms with Gasteiger partial charge in [-0.05, 0) is 18.2 Å². The Bertz CT molecular complexity index is 863. The van der Waals surface area contributed by atoms with E-state index in [1.54, 1.807) is 0 Å². The van der Waals surface area contributed by atoms with Crippen LogP contribution < -0.4 is 21.5 Å². The van der Waals surface area contributed by atoms with E-state index >= 15 is 0 Å². The Labute approximate surface area is 140 Å². The molecule has 0 saturated heterocycles. The Morgan fingerprint density at radius 2 is 2.12 bits per heavy atom. The third kappa shape index (κ3) is 4.63. The number of guanidine groups is 1. The molecule has 1 aromatic carbocycles. The molecule has 0 spiro atoms. The molecule has 0 radical (unpaired) electrons. The number of amides is 1. The number of hydrogen-bond donors (Lipinski definition) is 4. The summed E-state index contributed by atoms with van der Waals surface area (Å²) in [6, 6.07) is 3.08. The lowest BCUT2D eigenvalue weighted by Crippen LogP contribution is -2.25. The molecule has 0 aliphatic carbocycles. The maximum absolute atomic E-state index is 14.0. The van der Waals surface area contributed by atoms with Gasteiger partial charge < -0.3 is 16.8 Å². The number of rotatable bonds is 6. The van der Waals surface area contributed by atoms with E-state index in [0.29, 0.717) is 5.00 Å². The van der Waals surface area contributed by atoms with Crippen LogP contribution in [0.5, 0.6) is 0 Å². The van der Waals surface area contributed by atoms with Gasteiger partial charge in [-0.15, -0.1) is 11.3 Å². The van der Waals surface area contributed by atoms with Crippen LogP contribution in [-0.4, -0.2) is 31.8 Å². The van der Waals surface area contributed by atoms with Crippen molar-refractivity contribution in [2.45, 2.75) is 4.90 Å². The number of hydrogen-bond acceptors (Lipinski definition) is 6. The number of aliphatic imine (C=N–C) groups is 1.